The Hall–Kier alpha value is -0.590. The Bertz CT molecular complexity index is 71.4. The Morgan fingerprint density at radius 3 is 1.38 bits per heavy atom. The zero-order valence-electron chi connectivity index (χ0n) is 5.80. The van der Waals surface area contributed by atoms with Crippen LogP contribution in [0.15, 0.2) is 0 Å². The van der Waals surface area contributed by atoms with Gasteiger partial charge in [0.2, 0.25) is 0 Å². The first-order valence-electron chi connectivity index (χ1n) is 2.25. The Labute approximate surface area is 50.3 Å². The molecule has 0 aliphatic carbocycles. The molecular weight excluding hydrogens is 104 g/mol. The molecule has 8 heavy (non-hydrogen) atoms. The minimum atomic E-state index is -0.250. The smallest absolute Gasteiger partial charge is 0.0674 e. The van der Waals surface area contributed by atoms with Crippen molar-refractivity contribution < 1.29 is 4.65 Å². The van der Waals surface area contributed by atoms with Crippen LogP contribution in [-0.4, -0.2) is 25.8 Å². The van der Waals surface area contributed by atoms with Gasteiger partial charge in [0.05, 0.1) is 27.2 Å². The lowest BCUT2D eigenvalue weighted by atomic mass is 11.0. The highest BCUT2D eigenvalue weighted by Crippen LogP contribution is 1.77. The second kappa shape index (κ2) is 4.57. The van der Waals surface area contributed by atoms with Crippen molar-refractivity contribution in [2.24, 2.45) is 0 Å². The van der Waals surface area contributed by atoms with E-state index in [9.17, 15) is 5.21 Å². The summed E-state index contributed by atoms with van der Waals surface area (Å²) >= 11 is 0. The molecule has 0 atom stereocenters. The molecule has 0 N–H and O–H groups in total. The van der Waals surface area contributed by atoms with Crippen molar-refractivity contribution >= 4 is 0 Å². The maximum atomic E-state index is 10.0. The molecule has 3 heteroatoms. The Balaban J connectivity index is 0. The molecule has 0 spiro atoms. The molecule has 0 radical (unpaired) electrons. The van der Waals surface area contributed by atoms with Gasteiger partial charge in [0.25, 0.3) is 0 Å². The predicted molar refractivity (Wildman–Crippen MR) is 32.7 cm³/mol. The Morgan fingerprint density at radius 2 is 1.38 bits per heavy atom. The lowest BCUT2D eigenvalue weighted by Gasteiger charge is -2.27. The lowest BCUT2D eigenvalue weighted by molar-refractivity contribution is -0.818. The van der Waals surface area contributed by atoms with Crippen LogP contribution in [0.2, 0.25) is 0 Å². The second-order valence-corrected chi connectivity index (χ2v) is 2.11. The molecule has 0 aromatic rings. The molecule has 0 unspecified atom stereocenters. The average molecular weight is 116 g/mol. The zero-order chi connectivity index (χ0) is 7.21. The third kappa shape index (κ3) is 302. The lowest BCUT2D eigenvalue weighted by Crippen LogP contribution is -2.25. The van der Waals surface area contributed by atoms with E-state index in [0.29, 0.717) is 0 Å². The van der Waals surface area contributed by atoms with Gasteiger partial charge in [-0.3, -0.25) is 0 Å². The second-order valence-electron chi connectivity index (χ2n) is 2.11. The zero-order valence-corrected chi connectivity index (χ0v) is 5.80. The standard InChI is InChI=1S/C3H9NO.C2H3N/c1-4(2,3)5;1-2-3/h1-3H3;1H3. The molecule has 0 bridgehead atoms. The van der Waals surface area contributed by atoms with E-state index in [1.54, 1.807) is 27.2 Å². The van der Waals surface area contributed by atoms with Gasteiger partial charge >= 0.3 is 0 Å². The van der Waals surface area contributed by atoms with Crippen molar-refractivity contribution in [2.75, 3.05) is 21.1 Å². The molecule has 0 heterocycles. The highest BCUT2D eigenvalue weighted by Gasteiger charge is 1.79. The Kier molecular flexibility index (Phi) is 5.94. The van der Waals surface area contributed by atoms with Crippen molar-refractivity contribution in [1.82, 2.24) is 0 Å². The van der Waals surface area contributed by atoms with Crippen LogP contribution in [0.3, 0.4) is 0 Å². The van der Waals surface area contributed by atoms with E-state index in [0.717, 1.165) is 0 Å². The molecule has 0 rings (SSSR count). The van der Waals surface area contributed by atoms with Crippen molar-refractivity contribution in [3.63, 3.8) is 0 Å². The van der Waals surface area contributed by atoms with Crippen molar-refractivity contribution in [1.29, 1.82) is 5.26 Å². The number of hydrogen-bond donors (Lipinski definition) is 0. The van der Waals surface area contributed by atoms with Gasteiger partial charge in [-0.25, -0.2) is 0 Å². The van der Waals surface area contributed by atoms with Crippen LogP contribution in [-0.2, 0) is 0 Å². The summed E-state index contributed by atoms with van der Waals surface area (Å²) in [7, 11) is 4.71. The largest absolute Gasteiger partial charge is 0.633 e. The van der Waals surface area contributed by atoms with E-state index >= 15 is 0 Å². The predicted octanol–water partition coefficient (Wildman–Crippen LogP) is 0.720. The molecule has 0 fully saturated rings. The van der Waals surface area contributed by atoms with E-state index in [2.05, 4.69) is 0 Å². The van der Waals surface area contributed by atoms with Gasteiger partial charge in [-0.05, 0) is 0 Å². The molecule has 0 saturated heterocycles. The van der Waals surface area contributed by atoms with Gasteiger partial charge < -0.3 is 9.85 Å². The molecule has 0 aliphatic heterocycles. The van der Waals surface area contributed by atoms with Gasteiger partial charge in [0, 0.05) is 6.92 Å². The van der Waals surface area contributed by atoms with E-state index in [4.69, 9.17) is 5.26 Å². The summed E-state index contributed by atoms with van der Waals surface area (Å²) in [6.45, 7) is 1.43. The summed E-state index contributed by atoms with van der Waals surface area (Å²) in [6, 6.07) is 1.75. The van der Waals surface area contributed by atoms with Crippen LogP contribution in [0.4, 0.5) is 0 Å². The molecule has 0 saturated carbocycles. The van der Waals surface area contributed by atoms with Gasteiger partial charge in [-0.15, -0.1) is 0 Å². The number of nitrogens with zero attached hydrogens (tertiary/aromatic N) is 2. The number of quaternary nitrogens is 1. The van der Waals surface area contributed by atoms with Gasteiger partial charge in [-0.2, -0.15) is 5.26 Å². The summed E-state index contributed by atoms with van der Waals surface area (Å²) < 4.78 is -0.250. The van der Waals surface area contributed by atoms with Crippen LogP contribution < -0.4 is 0 Å². The van der Waals surface area contributed by atoms with Crippen LogP contribution in [0.5, 0.6) is 0 Å². The van der Waals surface area contributed by atoms with Crippen LogP contribution in [0.25, 0.3) is 0 Å². The fourth-order valence-corrected chi connectivity index (χ4v) is 0. The minimum absolute atomic E-state index is 0.250. The average Bonchev–Trinajstić information content (AvgIpc) is 1.27. The quantitative estimate of drug-likeness (QED) is 0.346. The summed E-state index contributed by atoms with van der Waals surface area (Å²) in [5, 5.41) is 17.4. The molecule has 3 nitrogen and oxygen atoms in total. The SMILES string of the molecule is CC#N.C[N+](C)(C)[O-]. The van der Waals surface area contributed by atoms with E-state index in [1.165, 1.54) is 6.92 Å². The third-order valence-electron chi connectivity index (χ3n) is 0. The highest BCUT2D eigenvalue weighted by molar-refractivity contribution is 4.51. The summed E-state index contributed by atoms with van der Waals surface area (Å²) in [5.74, 6) is 0. The Morgan fingerprint density at radius 1 is 1.38 bits per heavy atom. The highest BCUT2D eigenvalue weighted by atomic mass is 16.5. The van der Waals surface area contributed by atoms with E-state index in [-0.39, 0.29) is 4.65 Å². The summed E-state index contributed by atoms with van der Waals surface area (Å²) in [5.41, 5.74) is 0. The number of nitriles is 1. The van der Waals surface area contributed by atoms with Gasteiger partial charge in [0.15, 0.2) is 0 Å². The topological polar surface area (TPSA) is 46.8 Å². The van der Waals surface area contributed by atoms with Crippen LogP contribution >= 0.6 is 0 Å². The molecule has 0 aromatic heterocycles. The number of hydrogen-bond acceptors (Lipinski definition) is 2. The molecule has 0 aromatic carbocycles. The maximum Gasteiger partial charge on any atom is 0.0674 e. The molecular formula is C5H12N2O. The normalized spacial score (nSPS) is 8.50. The van der Waals surface area contributed by atoms with Crippen molar-refractivity contribution in [3.8, 4) is 6.07 Å². The monoisotopic (exact) mass is 116 g/mol. The van der Waals surface area contributed by atoms with Gasteiger partial charge in [-0.1, -0.05) is 0 Å². The molecule has 0 amide bonds. The van der Waals surface area contributed by atoms with Crippen LogP contribution in [0.1, 0.15) is 6.92 Å². The summed E-state index contributed by atoms with van der Waals surface area (Å²) in [6.07, 6.45) is 0. The number of hydroxylamine groups is 3. The molecule has 0 aliphatic rings. The maximum absolute atomic E-state index is 10.0. The van der Waals surface area contributed by atoms with Crippen molar-refractivity contribution in [2.45, 2.75) is 6.92 Å². The van der Waals surface area contributed by atoms with Crippen LogP contribution in [0, 0.1) is 16.5 Å². The van der Waals surface area contributed by atoms with Gasteiger partial charge in [0.1, 0.15) is 0 Å². The first-order valence-corrected chi connectivity index (χ1v) is 2.25. The minimum Gasteiger partial charge on any atom is -0.633 e. The summed E-state index contributed by atoms with van der Waals surface area (Å²) in [4.78, 5) is 0. The number of rotatable bonds is 0. The third-order valence-corrected chi connectivity index (χ3v) is 0. The van der Waals surface area contributed by atoms with E-state index < -0.39 is 0 Å². The first-order chi connectivity index (χ1) is 3.41. The fraction of sp³-hybridized carbons (Fsp3) is 0.800. The van der Waals surface area contributed by atoms with Crippen molar-refractivity contribution in [3.05, 3.63) is 5.21 Å². The fourth-order valence-electron chi connectivity index (χ4n) is 0. The first kappa shape index (κ1) is 10.4. The molecule has 48 valence electrons. The van der Waals surface area contributed by atoms with E-state index in [1.807, 2.05) is 0 Å².